The molecule has 0 aromatic heterocycles. The van der Waals surface area contributed by atoms with Crippen LogP contribution < -0.4 is 0 Å². The van der Waals surface area contributed by atoms with Gasteiger partial charge < -0.3 is 10.2 Å². The van der Waals surface area contributed by atoms with Crippen molar-refractivity contribution in [2.75, 3.05) is 0 Å². The molecule has 0 amide bonds. The van der Waals surface area contributed by atoms with E-state index in [1.165, 1.54) is 0 Å². The molecule has 0 bridgehead atoms. The predicted octanol–water partition coefficient (Wildman–Crippen LogP) is 4.91. The molecule has 3 aromatic carbocycles. The highest BCUT2D eigenvalue weighted by Gasteiger charge is 2.01. The number of phenolic OH excluding ortho intramolecular Hbond substituents is 2. The number of aryl methyl sites for hydroxylation is 1. The van der Waals surface area contributed by atoms with E-state index in [0.29, 0.717) is 11.3 Å². The van der Waals surface area contributed by atoms with Crippen LogP contribution in [0.3, 0.4) is 0 Å². The zero-order chi connectivity index (χ0) is 17.6. The van der Waals surface area contributed by atoms with Crippen molar-refractivity contribution in [3.8, 4) is 11.5 Å². The van der Waals surface area contributed by atoms with Gasteiger partial charge in [-0.1, -0.05) is 42.0 Å². The summed E-state index contributed by atoms with van der Waals surface area (Å²) in [5.74, 6) is 0.319. The van der Waals surface area contributed by atoms with Gasteiger partial charge in [-0.05, 0) is 37.3 Å². The van der Waals surface area contributed by atoms with Gasteiger partial charge in [-0.2, -0.15) is 0 Å². The first-order valence-corrected chi connectivity index (χ1v) is 7.88. The van der Waals surface area contributed by atoms with Crippen molar-refractivity contribution >= 4 is 23.8 Å². The van der Waals surface area contributed by atoms with E-state index in [2.05, 4.69) is 9.98 Å². The van der Waals surface area contributed by atoms with Gasteiger partial charge in [0.1, 0.15) is 17.2 Å². The van der Waals surface area contributed by atoms with Gasteiger partial charge in [0, 0.05) is 23.6 Å². The molecule has 0 saturated heterocycles. The maximum Gasteiger partial charge on any atom is 0.141 e. The maximum atomic E-state index is 9.92. The van der Waals surface area contributed by atoms with Crippen molar-refractivity contribution in [2.24, 2.45) is 9.98 Å². The number of rotatable bonds is 4. The fraction of sp³-hybridized carbons (Fsp3) is 0.0476. The van der Waals surface area contributed by atoms with Crippen LogP contribution in [0.1, 0.15) is 16.7 Å². The Hall–Kier alpha value is -3.40. The summed E-state index contributed by atoms with van der Waals surface area (Å²) in [6.07, 6.45) is 3.30. The highest BCUT2D eigenvalue weighted by molar-refractivity contribution is 5.92. The Morgan fingerprint density at radius 3 is 2.12 bits per heavy atom. The number of benzene rings is 3. The molecule has 4 nitrogen and oxygen atoms in total. The Balaban J connectivity index is 1.90. The lowest BCUT2D eigenvalue weighted by molar-refractivity contribution is 0.474. The summed E-state index contributed by atoms with van der Waals surface area (Å²) in [5.41, 5.74) is 3.75. The number of para-hydroxylation sites is 3. The second kappa shape index (κ2) is 7.45. The monoisotopic (exact) mass is 330 g/mol. The Kier molecular flexibility index (Phi) is 4.90. The molecule has 0 fully saturated rings. The summed E-state index contributed by atoms with van der Waals surface area (Å²) in [5, 5.41) is 19.7. The average Bonchev–Trinajstić information content (AvgIpc) is 2.62. The first-order valence-electron chi connectivity index (χ1n) is 7.88. The molecule has 25 heavy (non-hydrogen) atoms. The fourth-order valence-electron chi connectivity index (χ4n) is 2.34. The molecule has 3 aromatic rings. The number of hydrogen-bond donors (Lipinski definition) is 2. The topological polar surface area (TPSA) is 65.2 Å². The van der Waals surface area contributed by atoms with Gasteiger partial charge in [0.2, 0.25) is 0 Å². The molecule has 0 radical (unpaired) electrons. The largest absolute Gasteiger partial charge is 0.507 e. The molecule has 3 rings (SSSR count). The van der Waals surface area contributed by atoms with Gasteiger partial charge in [0.25, 0.3) is 0 Å². The Bertz CT molecular complexity index is 946. The van der Waals surface area contributed by atoms with Crippen LogP contribution in [0.2, 0.25) is 0 Å². The molecular weight excluding hydrogens is 312 g/mol. The van der Waals surface area contributed by atoms with Crippen LogP contribution in [0, 0.1) is 6.92 Å². The summed E-state index contributed by atoms with van der Waals surface area (Å²) < 4.78 is 0. The number of aliphatic imine (C=N–C) groups is 2. The van der Waals surface area contributed by atoms with E-state index in [4.69, 9.17) is 0 Å². The standard InChI is InChI=1S/C21H18N2O2/c1-15-10-11-20(24)17(12-15)14-22-18-7-3-2-6-16(18)13-23-19-8-4-5-9-21(19)25/h2-14,24-25H,1H3. The van der Waals surface area contributed by atoms with E-state index in [0.717, 1.165) is 16.8 Å². The third kappa shape index (κ3) is 4.12. The van der Waals surface area contributed by atoms with Gasteiger partial charge in [0.15, 0.2) is 0 Å². The number of aromatic hydroxyl groups is 2. The second-order valence-electron chi connectivity index (χ2n) is 5.63. The molecule has 0 aliphatic rings. The van der Waals surface area contributed by atoms with Crippen LogP contribution in [0.5, 0.6) is 11.5 Å². The van der Waals surface area contributed by atoms with Gasteiger partial charge in [-0.3, -0.25) is 9.98 Å². The van der Waals surface area contributed by atoms with E-state index in [1.807, 2.05) is 49.4 Å². The first-order chi connectivity index (χ1) is 12.1. The summed E-state index contributed by atoms with van der Waals surface area (Å²) in [6.45, 7) is 1.96. The second-order valence-corrected chi connectivity index (χ2v) is 5.63. The summed E-state index contributed by atoms with van der Waals surface area (Å²) >= 11 is 0. The van der Waals surface area contributed by atoms with Crippen LogP contribution in [-0.4, -0.2) is 22.6 Å². The van der Waals surface area contributed by atoms with E-state index >= 15 is 0 Å². The lowest BCUT2D eigenvalue weighted by Crippen LogP contribution is -1.86. The van der Waals surface area contributed by atoms with Crippen molar-refractivity contribution in [1.82, 2.24) is 0 Å². The van der Waals surface area contributed by atoms with Gasteiger partial charge in [-0.15, -0.1) is 0 Å². The molecule has 2 N–H and O–H groups in total. The van der Waals surface area contributed by atoms with E-state index in [9.17, 15) is 10.2 Å². The number of nitrogens with zero attached hydrogens (tertiary/aromatic N) is 2. The van der Waals surface area contributed by atoms with Gasteiger partial charge in [-0.25, -0.2) is 0 Å². The molecule has 0 aliphatic heterocycles. The van der Waals surface area contributed by atoms with Crippen LogP contribution in [0.25, 0.3) is 0 Å². The zero-order valence-corrected chi connectivity index (χ0v) is 13.8. The van der Waals surface area contributed by atoms with Crippen molar-refractivity contribution in [2.45, 2.75) is 6.92 Å². The molecule has 124 valence electrons. The minimum atomic E-state index is 0.129. The Morgan fingerprint density at radius 1 is 0.680 bits per heavy atom. The average molecular weight is 330 g/mol. The van der Waals surface area contributed by atoms with Gasteiger partial charge >= 0.3 is 0 Å². The highest BCUT2D eigenvalue weighted by atomic mass is 16.3. The lowest BCUT2D eigenvalue weighted by atomic mass is 10.1. The number of phenols is 2. The molecule has 0 heterocycles. The van der Waals surface area contributed by atoms with Crippen molar-refractivity contribution in [3.63, 3.8) is 0 Å². The summed E-state index contributed by atoms with van der Waals surface area (Å²) in [7, 11) is 0. The quantitative estimate of drug-likeness (QED) is 0.668. The van der Waals surface area contributed by atoms with Crippen LogP contribution in [0.4, 0.5) is 11.4 Å². The third-order valence-corrected chi connectivity index (χ3v) is 3.69. The fourth-order valence-corrected chi connectivity index (χ4v) is 2.34. The van der Waals surface area contributed by atoms with E-state index < -0.39 is 0 Å². The molecule has 0 spiro atoms. The van der Waals surface area contributed by atoms with E-state index in [-0.39, 0.29) is 11.5 Å². The smallest absolute Gasteiger partial charge is 0.141 e. The predicted molar refractivity (Wildman–Crippen MR) is 102 cm³/mol. The van der Waals surface area contributed by atoms with Crippen molar-refractivity contribution in [1.29, 1.82) is 0 Å². The SMILES string of the molecule is Cc1ccc(O)c(C=Nc2ccccc2C=Nc2ccccc2O)c1. The molecule has 0 atom stereocenters. The van der Waals surface area contributed by atoms with Crippen LogP contribution >= 0.6 is 0 Å². The first kappa shape index (κ1) is 16.5. The van der Waals surface area contributed by atoms with Crippen molar-refractivity contribution < 1.29 is 10.2 Å². The number of hydrogen-bond acceptors (Lipinski definition) is 4. The van der Waals surface area contributed by atoms with Crippen molar-refractivity contribution in [3.05, 3.63) is 83.4 Å². The third-order valence-electron chi connectivity index (χ3n) is 3.69. The van der Waals surface area contributed by atoms with E-state index in [1.54, 1.807) is 36.7 Å². The Morgan fingerprint density at radius 2 is 1.32 bits per heavy atom. The summed E-state index contributed by atoms with van der Waals surface area (Å²) in [4.78, 5) is 8.80. The lowest BCUT2D eigenvalue weighted by Gasteiger charge is -2.02. The molecular formula is C21H18N2O2. The van der Waals surface area contributed by atoms with Crippen LogP contribution in [0.15, 0.2) is 76.7 Å². The van der Waals surface area contributed by atoms with Crippen LogP contribution in [-0.2, 0) is 0 Å². The molecule has 0 aliphatic carbocycles. The normalized spacial score (nSPS) is 11.4. The molecule has 4 heteroatoms. The minimum Gasteiger partial charge on any atom is -0.507 e. The van der Waals surface area contributed by atoms with Gasteiger partial charge in [0.05, 0.1) is 5.69 Å². The summed E-state index contributed by atoms with van der Waals surface area (Å²) in [6, 6.07) is 19.8. The minimum absolute atomic E-state index is 0.129. The highest BCUT2D eigenvalue weighted by Crippen LogP contribution is 2.26. The maximum absolute atomic E-state index is 9.92. The Labute approximate surface area is 146 Å². The zero-order valence-electron chi connectivity index (χ0n) is 13.8. The molecule has 0 saturated carbocycles. The molecule has 0 unspecified atom stereocenters.